The molecule has 2 rings (SSSR count). The van der Waals surface area contributed by atoms with E-state index >= 15 is 0 Å². The summed E-state index contributed by atoms with van der Waals surface area (Å²) >= 11 is 0. The second kappa shape index (κ2) is 7.80. The van der Waals surface area contributed by atoms with Crippen LogP contribution in [0.1, 0.15) is 10.4 Å². The quantitative estimate of drug-likeness (QED) is 0.703. The van der Waals surface area contributed by atoms with Crippen molar-refractivity contribution in [1.29, 1.82) is 0 Å². The molecule has 0 radical (unpaired) electrons. The molecule has 0 aliphatic carbocycles. The van der Waals surface area contributed by atoms with Crippen LogP contribution >= 0.6 is 0 Å². The smallest absolute Gasteiger partial charge is 0.335 e. The molecule has 24 heavy (non-hydrogen) atoms. The number of ether oxygens (including phenoxy) is 2. The van der Waals surface area contributed by atoms with Crippen LogP contribution in [0.2, 0.25) is 0 Å². The van der Waals surface area contributed by atoms with Crippen molar-refractivity contribution in [2.45, 2.75) is 4.90 Å². The van der Waals surface area contributed by atoms with Crippen molar-refractivity contribution in [1.82, 2.24) is 4.72 Å². The minimum absolute atomic E-state index is 0.0473. The molecular formula is C16H17NO6S. The summed E-state index contributed by atoms with van der Waals surface area (Å²) in [4.78, 5) is 10.8. The fourth-order valence-electron chi connectivity index (χ4n) is 1.90. The standard InChI is InChI=1S/C16H17NO6S/c1-22-13-5-7-14(8-6-13)23-10-9-17-24(20,21)15-4-2-3-12(11-15)16(18)19/h2-8,11,17H,9-10H2,1H3,(H,18,19). The average molecular weight is 351 g/mol. The van der Waals surface area contributed by atoms with Crippen LogP contribution in [-0.4, -0.2) is 39.8 Å². The van der Waals surface area contributed by atoms with E-state index < -0.39 is 16.0 Å². The largest absolute Gasteiger partial charge is 0.497 e. The molecule has 0 atom stereocenters. The highest BCUT2D eigenvalue weighted by molar-refractivity contribution is 7.89. The summed E-state index contributed by atoms with van der Waals surface area (Å²) in [5, 5.41) is 8.91. The van der Waals surface area contributed by atoms with Gasteiger partial charge >= 0.3 is 5.97 Å². The molecule has 0 heterocycles. The predicted molar refractivity (Wildman–Crippen MR) is 87.1 cm³/mol. The van der Waals surface area contributed by atoms with Crippen LogP contribution in [0.4, 0.5) is 0 Å². The molecule has 0 saturated heterocycles. The summed E-state index contributed by atoms with van der Waals surface area (Å²) < 4.78 is 37.1. The van der Waals surface area contributed by atoms with Gasteiger partial charge in [0.25, 0.3) is 0 Å². The highest BCUT2D eigenvalue weighted by Gasteiger charge is 2.15. The normalized spacial score (nSPS) is 11.0. The molecule has 2 N–H and O–H groups in total. The fraction of sp³-hybridized carbons (Fsp3) is 0.188. The maximum Gasteiger partial charge on any atom is 0.335 e. The number of carbonyl (C=O) groups is 1. The number of nitrogens with one attached hydrogen (secondary N) is 1. The lowest BCUT2D eigenvalue weighted by molar-refractivity contribution is 0.0696. The molecular weight excluding hydrogens is 334 g/mol. The summed E-state index contributed by atoms with van der Waals surface area (Å²) in [6.07, 6.45) is 0. The van der Waals surface area contributed by atoms with E-state index in [-0.39, 0.29) is 23.6 Å². The maximum absolute atomic E-state index is 12.1. The second-order valence-corrected chi connectivity index (χ2v) is 6.52. The highest BCUT2D eigenvalue weighted by Crippen LogP contribution is 2.17. The molecule has 0 bridgehead atoms. The predicted octanol–water partition coefficient (Wildman–Crippen LogP) is 1.75. The first kappa shape index (κ1) is 17.8. The molecule has 2 aromatic carbocycles. The Kier molecular flexibility index (Phi) is 5.78. The van der Waals surface area contributed by atoms with Gasteiger partial charge in [-0.05, 0) is 42.5 Å². The summed E-state index contributed by atoms with van der Waals surface area (Å²) in [5.41, 5.74) is -0.0904. The number of methoxy groups -OCH3 is 1. The number of hydrogen-bond donors (Lipinski definition) is 2. The lowest BCUT2D eigenvalue weighted by atomic mass is 10.2. The summed E-state index contributed by atoms with van der Waals surface area (Å²) in [6, 6.07) is 12.0. The topological polar surface area (TPSA) is 102 Å². The summed E-state index contributed by atoms with van der Waals surface area (Å²) in [6.45, 7) is 0.176. The summed E-state index contributed by atoms with van der Waals surface area (Å²) in [7, 11) is -2.24. The van der Waals surface area contributed by atoms with Gasteiger partial charge in [-0.2, -0.15) is 0 Å². The Balaban J connectivity index is 1.90. The van der Waals surface area contributed by atoms with E-state index in [1.807, 2.05) is 0 Å². The van der Waals surface area contributed by atoms with Gasteiger partial charge in [0.15, 0.2) is 0 Å². The molecule has 0 fully saturated rings. The third-order valence-electron chi connectivity index (χ3n) is 3.11. The Hall–Kier alpha value is -2.58. The number of carboxylic acids is 1. The lowest BCUT2D eigenvalue weighted by Gasteiger charge is -2.09. The van der Waals surface area contributed by atoms with E-state index in [4.69, 9.17) is 14.6 Å². The highest BCUT2D eigenvalue weighted by atomic mass is 32.2. The first-order valence-corrected chi connectivity index (χ1v) is 8.50. The van der Waals surface area contributed by atoms with Gasteiger partial charge in [0.1, 0.15) is 18.1 Å². The molecule has 7 nitrogen and oxygen atoms in total. The van der Waals surface area contributed by atoms with Crippen molar-refractivity contribution < 1.29 is 27.8 Å². The van der Waals surface area contributed by atoms with Crippen molar-refractivity contribution in [3.05, 3.63) is 54.1 Å². The van der Waals surface area contributed by atoms with E-state index in [2.05, 4.69) is 4.72 Å². The Morgan fingerprint density at radius 3 is 2.42 bits per heavy atom. The van der Waals surface area contributed by atoms with Gasteiger partial charge < -0.3 is 14.6 Å². The van der Waals surface area contributed by atoms with E-state index in [0.29, 0.717) is 11.5 Å². The third kappa shape index (κ3) is 4.71. The van der Waals surface area contributed by atoms with Gasteiger partial charge in [0, 0.05) is 6.54 Å². The van der Waals surface area contributed by atoms with E-state index in [1.54, 1.807) is 31.4 Å². The van der Waals surface area contributed by atoms with Gasteiger partial charge in [-0.15, -0.1) is 0 Å². The Morgan fingerprint density at radius 1 is 1.12 bits per heavy atom. The Labute approximate surface area is 139 Å². The summed E-state index contributed by atoms with van der Waals surface area (Å²) in [5.74, 6) is 0.0964. The van der Waals surface area contributed by atoms with Crippen LogP contribution in [-0.2, 0) is 10.0 Å². The monoisotopic (exact) mass is 351 g/mol. The van der Waals surface area contributed by atoms with Crippen molar-refractivity contribution in [2.24, 2.45) is 0 Å². The number of aromatic carboxylic acids is 1. The zero-order chi connectivity index (χ0) is 17.6. The van der Waals surface area contributed by atoms with E-state index in [1.165, 1.54) is 18.2 Å². The second-order valence-electron chi connectivity index (χ2n) is 4.75. The van der Waals surface area contributed by atoms with Crippen molar-refractivity contribution in [3.63, 3.8) is 0 Å². The van der Waals surface area contributed by atoms with Gasteiger partial charge in [-0.25, -0.2) is 17.9 Å². The molecule has 0 unspecified atom stereocenters. The Morgan fingerprint density at radius 2 is 1.79 bits per heavy atom. The zero-order valence-corrected chi connectivity index (χ0v) is 13.7. The van der Waals surface area contributed by atoms with E-state index in [0.717, 1.165) is 6.07 Å². The van der Waals surface area contributed by atoms with Crippen molar-refractivity contribution >= 4 is 16.0 Å². The molecule has 2 aromatic rings. The average Bonchev–Trinajstić information content (AvgIpc) is 2.59. The van der Waals surface area contributed by atoms with Crippen LogP contribution < -0.4 is 14.2 Å². The fourth-order valence-corrected chi connectivity index (χ4v) is 2.96. The number of rotatable bonds is 8. The molecule has 0 aromatic heterocycles. The molecule has 0 aliphatic heterocycles. The van der Waals surface area contributed by atoms with Gasteiger partial charge in [-0.3, -0.25) is 0 Å². The molecule has 0 amide bonds. The third-order valence-corrected chi connectivity index (χ3v) is 4.57. The van der Waals surface area contributed by atoms with Crippen LogP contribution in [0.5, 0.6) is 11.5 Å². The maximum atomic E-state index is 12.1. The number of carboxylic acid groups (broad SMARTS) is 1. The zero-order valence-electron chi connectivity index (χ0n) is 12.9. The molecule has 0 aliphatic rings. The van der Waals surface area contributed by atoms with Gasteiger partial charge in [-0.1, -0.05) is 6.07 Å². The first-order chi connectivity index (χ1) is 11.4. The van der Waals surface area contributed by atoms with Gasteiger partial charge in [0.2, 0.25) is 10.0 Å². The number of hydrogen-bond acceptors (Lipinski definition) is 5. The van der Waals surface area contributed by atoms with Crippen LogP contribution in [0.3, 0.4) is 0 Å². The first-order valence-electron chi connectivity index (χ1n) is 7.02. The molecule has 8 heteroatoms. The minimum Gasteiger partial charge on any atom is -0.497 e. The van der Waals surface area contributed by atoms with Crippen molar-refractivity contribution in [3.8, 4) is 11.5 Å². The number of sulfonamides is 1. The SMILES string of the molecule is COc1ccc(OCCNS(=O)(=O)c2cccc(C(=O)O)c2)cc1. The van der Waals surface area contributed by atoms with Crippen LogP contribution in [0, 0.1) is 0 Å². The lowest BCUT2D eigenvalue weighted by Crippen LogP contribution is -2.28. The number of benzene rings is 2. The van der Waals surface area contributed by atoms with E-state index in [9.17, 15) is 13.2 Å². The molecule has 0 spiro atoms. The Bertz CT molecular complexity index is 802. The van der Waals surface area contributed by atoms with Crippen LogP contribution in [0.25, 0.3) is 0 Å². The van der Waals surface area contributed by atoms with Crippen molar-refractivity contribution in [2.75, 3.05) is 20.3 Å². The molecule has 128 valence electrons. The minimum atomic E-state index is -3.79. The van der Waals surface area contributed by atoms with Crippen LogP contribution in [0.15, 0.2) is 53.4 Å². The van der Waals surface area contributed by atoms with Gasteiger partial charge in [0.05, 0.1) is 17.6 Å². The molecule has 0 saturated carbocycles.